The molecule has 4 heterocycles. The van der Waals surface area contributed by atoms with Crippen LogP contribution in [0, 0.1) is 11.3 Å². The first-order valence-corrected chi connectivity index (χ1v) is 8.44. The second-order valence-corrected chi connectivity index (χ2v) is 5.95. The smallest absolute Gasteiger partial charge is 0.225 e. The van der Waals surface area contributed by atoms with Crippen LogP contribution in [0.4, 0.5) is 11.8 Å². The SMILES string of the molecule is N#Cc1cccc(N2CCN(c3nccc(-c4cccnc4)n3)CC2)n1. The maximum absolute atomic E-state index is 9.01. The van der Waals surface area contributed by atoms with Gasteiger partial charge in [0.15, 0.2) is 0 Å². The third-order valence-corrected chi connectivity index (χ3v) is 4.34. The number of piperazine rings is 1. The summed E-state index contributed by atoms with van der Waals surface area (Å²) in [6.45, 7) is 3.22. The molecular weight excluding hydrogens is 326 g/mol. The van der Waals surface area contributed by atoms with Gasteiger partial charge in [-0.15, -0.1) is 0 Å². The molecule has 1 aliphatic rings. The van der Waals surface area contributed by atoms with E-state index >= 15 is 0 Å². The third-order valence-electron chi connectivity index (χ3n) is 4.34. The summed E-state index contributed by atoms with van der Waals surface area (Å²) in [7, 11) is 0. The summed E-state index contributed by atoms with van der Waals surface area (Å²) >= 11 is 0. The van der Waals surface area contributed by atoms with Gasteiger partial charge in [0.2, 0.25) is 5.95 Å². The van der Waals surface area contributed by atoms with Gasteiger partial charge >= 0.3 is 0 Å². The molecular formula is C19H17N7. The van der Waals surface area contributed by atoms with E-state index in [1.54, 1.807) is 24.7 Å². The highest BCUT2D eigenvalue weighted by Crippen LogP contribution is 2.20. The first kappa shape index (κ1) is 16.0. The molecule has 0 N–H and O–H groups in total. The minimum Gasteiger partial charge on any atom is -0.353 e. The van der Waals surface area contributed by atoms with Gasteiger partial charge in [0.1, 0.15) is 17.6 Å². The number of nitriles is 1. The van der Waals surface area contributed by atoms with Crippen molar-refractivity contribution in [1.82, 2.24) is 19.9 Å². The zero-order valence-electron chi connectivity index (χ0n) is 14.2. The first-order valence-electron chi connectivity index (χ1n) is 8.44. The number of hydrogen-bond donors (Lipinski definition) is 0. The van der Waals surface area contributed by atoms with Crippen LogP contribution in [0.1, 0.15) is 5.69 Å². The molecule has 26 heavy (non-hydrogen) atoms. The molecule has 7 heteroatoms. The average Bonchev–Trinajstić information content (AvgIpc) is 2.75. The van der Waals surface area contributed by atoms with E-state index in [9.17, 15) is 0 Å². The van der Waals surface area contributed by atoms with Crippen LogP contribution < -0.4 is 9.80 Å². The molecule has 7 nitrogen and oxygen atoms in total. The highest BCUT2D eigenvalue weighted by atomic mass is 15.3. The Bertz CT molecular complexity index is 928. The molecule has 1 saturated heterocycles. The molecule has 0 amide bonds. The Labute approximate surface area is 151 Å². The number of nitrogens with zero attached hydrogens (tertiary/aromatic N) is 7. The molecule has 4 rings (SSSR count). The van der Waals surface area contributed by atoms with Crippen LogP contribution in [-0.4, -0.2) is 46.1 Å². The van der Waals surface area contributed by atoms with Crippen molar-refractivity contribution >= 4 is 11.8 Å². The number of pyridine rings is 2. The van der Waals surface area contributed by atoms with Gasteiger partial charge in [-0.2, -0.15) is 5.26 Å². The lowest BCUT2D eigenvalue weighted by molar-refractivity contribution is 0.634. The van der Waals surface area contributed by atoms with Crippen molar-refractivity contribution in [2.75, 3.05) is 36.0 Å². The van der Waals surface area contributed by atoms with Crippen molar-refractivity contribution in [3.63, 3.8) is 0 Å². The van der Waals surface area contributed by atoms with Gasteiger partial charge in [-0.05, 0) is 30.3 Å². The average molecular weight is 343 g/mol. The van der Waals surface area contributed by atoms with Gasteiger partial charge < -0.3 is 9.80 Å². The Hall–Kier alpha value is -3.53. The van der Waals surface area contributed by atoms with Crippen LogP contribution in [0.25, 0.3) is 11.3 Å². The largest absolute Gasteiger partial charge is 0.353 e. The quantitative estimate of drug-likeness (QED) is 0.720. The maximum Gasteiger partial charge on any atom is 0.225 e. The fourth-order valence-electron chi connectivity index (χ4n) is 2.97. The van der Waals surface area contributed by atoms with Crippen molar-refractivity contribution in [3.05, 3.63) is 60.7 Å². The molecule has 0 radical (unpaired) electrons. The van der Waals surface area contributed by atoms with E-state index in [4.69, 9.17) is 5.26 Å². The maximum atomic E-state index is 9.01. The van der Waals surface area contributed by atoms with Crippen LogP contribution in [0.5, 0.6) is 0 Å². The molecule has 3 aromatic heterocycles. The predicted molar refractivity (Wildman–Crippen MR) is 98.6 cm³/mol. The van der Waals surface area contributed by atoms with E-state index in [1.807, 2.05) is 30.3 Å². The fraction of sp³-hybridized carbons (Fsp3) is 0.211. The second-order valence-electron chi connectivity index (χ2n) is 5.95. The molecule has 1 aliphatic heterocycles. The van der Waals surface area contributed by atoms with Gasteiger partial charge in [0, 0.05) is 50.3 Å². The Morgan fingerprint density at radius 3 is 2.50 bits per heavy atom. The Morgan fingerprint density at radius 1 is 0.885 bits per heavy atom. The summed E-state index contributed by atoms with van der Waals surface area (Å²) < 4.78 is 0. The van der Waals surface area contributed by atoms with E-state index in [0.717, 1.165) is 49.2 Å². The zero-order valence-corrected chi connectivity index (χ0v) is 14.2. The molecule has 0 bridgehead atoms. The summed E-state index contributed by atoms with van der Waals surface area (Å²) in [5.74, 6) is 1.57. The van der Waals surface area contributed by atoms with Crippen molar-refractivity contribution in [1.29, 1.82) is 5.26 Å². The van der Waals surface area contributed by atoms with Crippen LogP contribution in [0.3, 0.4) is 0 Å². The standard InChI is InChI=1S/C19H17N7/c20-13-16-4-1-5-18(23-16)25-9-11-26(12-10-25)19-22-8-6-17(24-19)15-3-2-7-21-14-15/h1-8,14H,9-12H2. The molecule has 0 saturated carbocycles. The molecule has 1 fully saturated rings. The van der Waals surface area contributed by atoms with E-state index in [-0.39, 0.29) is 0 Å². The van der Waals surface area contributed by atoms with Gasteiger partial charge in [-0.3, -0.25) is 4.98 Å². The highest BCUT2D eigenvalue weighted by molar-refractivity contribution is 5.59. The third kappa shape index (κ3) is 3.30. The van der Waals surface area contributed by atoms with Crippen molar-refractivity contribution in [2.24, 2.45) is 0 Å². The number of rotatable bonds is 3. The predicted octanol–water partition coefficient (Wildman–Crippen LogP) is 2.13. The number of anilines is 2. The zero-order chi connectivity index (χ0) is 17.8. The minimum absolute atomic E-state index is 0.442. The lowest BCUT2D eigenvalue weighted by atomic mass is 10.2. The molecule has 0 aliphatic carbocycles. The van der Waals surface area contributed by atoms with Gasteiger partial charge in [0.25, 0.3) is 0 Å². The van der Waals surface area contributed by atoms with Crippen molar-refractivity contribution in [3.8, 4) is 17.3 Å². The molecule has 0 atom stereocenters. The minimum atomic E-state index is 0.442. The lowest BCUT2D eigenvalue weighted by Crippen LogP contribution is -2.47. The lowest BCUT2D eigenvalue weighted by Gasteiger charge is -2.35. The summed E-state index contributed by atoms with van der Waals surface area (Å²) in [5, 5.41) is 9.01. The topological polar surface area (TPSA) is 81.8 Å². The molecule has 128 valence electrons. The molecule has 0 unspecified atom stereocenters. The highest BCUT2D eigenvalue weighted by Gasteiger charge is 2.20. The Morgan fingerprint density at radius 2 is 1.73 bits per heavy atom. The van der Waals surface area contributed by atoms with Crippen LogP contribution in [-0.2, 0) is 0 Å². The van der Waals surface area contributed by atoms with E-state index < -0.39 is 0 Å². The summed E-state index contributed by atoms with van der Waals surface area (Å²) in [6, 6.07) is 13.4. The van der Waals surface area contributed by atoms with Crippen LogP contribution in [0.15, 0.2) is 55.0 Å². The first-order chi connectivity index (χ1) is 12.8. The fourth-order valence-corrected chi connectivity index (χ4v) is 2.97. The van der Waals surface area contributed by atoms with E-state index in [1.165, 1.54) is 0 Å². The second kappa shape index (κ2) is 7.15. The normalized spacial score (nSPS) is 14.1. The van der Waals surface area contributed by atoms with Crippen LogP contribution in [0.2, 0.25) is 0 Å². The monoisotopic (exact) mass is 343 g/mol. The number of aromatic nitrogens is 4. The molecule has 0 spiro atoms. The Kier molecular flexibility index (Phi) is 4.39. The van der Waals surface area contributed by atoms with E-state index in [2.05, 4.69) is 35.8 Å². The summed E-state index contributed by atoms with van der Waals surface area (Å²) in [6.07, 6.45) is 5.34. The van der Waals surface area contributed by atoms with Gasteiger partial charge in [-0.25, -0.2) is 15.0 Å². The number of hydrogen-bond acceptors (Lipinski definition) is 7. The van der Waals surface area contributed by atoms with Crippen molar-refractivity contribution in [2.45, 2.75) is 0 Å². The van der Waals surface area contributed by atoms with Crippen LogP contribution >= 0.6 is 0 Å². The van der Waals surface area contributed by atoms with Gasteiger partial charge in [0.05, 0.1) is 5.69 Å². The summed E-state index contributed by atoms with van der Waals surface area (Å²) in [4.78, 5) is 22.0. The molecule has 3 aromatic rings. The molecule has 0 aromatic carbocycles. The van der Waals surface area contributed by atoms with E-state index in [0.29, 0.717) is 5.69 Å². The van der Waals surface area contributed by atoms with Crippen molar-refractivity contribution < 1.29 is 0 Å². The van der Waals surface area contributed by atoms with Gasteiger partial charge in [-0.1, -0.05) is 6.07 Å². The Balaban J connectivity index is 1.47. The summed E-state index contributed by atoms with van der Waals surface area (Å²) in [5.41, 5.74) is 2.29.